The van der Waals surface area contributed by atoms with Gasteiger partial charge in [0.2, 0.25) is 5.91 Å². The van der Waals surface area contributed by atoms with Crippen molar-refractivity contribution in [1.29, 1.82) is 0 Å². The van der Waals surface area contributed by atoms with Crippen molar-refractivity contribution in [3.05, 3.63) is 41.6 Å². The molecule has 1 aliphatic rings. The van der Waals surface area contributed by atoms with Gasteiger partial charge in [-0.3, -0.25) is 9.78 Å². The summed E-state index contributed by atoms with van der Waals surface area (Å²) in [5.74, 6) is -0.114. The first-order valence-corrected chi connectivity index (χ1v) is 8.70. The molecule has 0 unspecified atom stereocenters. The minimum absolute atomic E-state index is 0.114. The molecule has 26 heavy (non-hydrogen) atoms. The summed E-state index contributed by atoms with van der Waals surface area (Å²) in [5, 5.41) is 2.82. The van der Waals surface area contributed by atoms with E-state index >= 15 is 0 Å². The molecule has 2 aromatic rings. The molecule has 1 N–H and O–H groups in total. The van der Waals surface area contributed by atoms with Crippen molar-refractivity contribution in [3.63, 3.8) is 0 Å². The van der Waals surface area contributed by atoms with Crippen LogP contribution in [0.1, 0.15) is 40.3 Å². The Balaban J connectivity index is 1.94. The van der Waals surface area contributed by atoms with Crippen LogP contribution in [0.3, 0.4) is 0 Å². The van der Waals surface area contributed by atoms with Gasteiger partial charge in [-0.05, 0) is 51.4 Å². The molecule has 0 radical (unpaired) electrons. The third-order valence-electron chi connectivity index (χ3n) is 4.90. The molecule has 0 saturated carbocycles. The van der Waals surface area contributed by atoms with Crippen molar-refractivity contribution >= 4 is 30.1 Å². The predicted molar refractivity (Wildman–Crippen MR) is 102 cm³/mol. The highest BCUT2D eigenvalue weighted by atomic mass is 16.7. The second-order valence-corrected chi connectivity index (χ2v) is 7.50. The van der Waals surface area contributed by atoms with Crippen LogP contribution in [-0.2, 0) is 14.1 Å². The van der Waals surface area contributed by atoms with E-state index in [4.69, 9.17) is 9.31 Å². The lowest BCUT2D eigenvalue weighted by molar-refractivity contribution is -0.118. The number of fused-ring (bicyclic) bond motifs is 1. The minimum atomic E-state index is -0.555. The van der Waals surface area contributed by atoms with E-state index in [-0.39, 0.29) is 5.91 Å². The highest BCUT2D eigenvalue weighted by Gasteiger charge is 2.52. The van der Waals surface area contributed by atoms with Crippen molar-refractivity contribution in [1.82, 2.24) is 15.3 Å². The summed E-state index contributed by atoms with van der Waals surface area (Å²) >= 11 is 0. The zero-order valence-electron chi connectivity index (χ0n) is 15.9. The number of carbonyl (C=O) groups excluding carboxylic acids is 1. The molecule has 136 valence electrons. The fourth-order valence-corrected chi connectivity index (χ4v) is 2.65. The SMILES string of the molecule is CC(=O)NCC(=Cc1cnc2ccccc2n1)B1OC(C)(C)C(C)(C)O1. The van der Waals surface area contributed by atoms with Crippen LogP contribution in [0, 0.1) is 0 Å². The number of carbonyl (C=O) groups is 1. The lowest BCUT2D eigenvalue weighted by Gasteiger charge is -2.32. The van der Waals surface area contributed by atoms with Gasteiger partial charge in [-0.1, -0.05) is 12.1 Å². The van der Waals surface area contributed by atoms with Crippen LogP contribution in [0.25, 0.3) is 17.1 Å². The number of nitrogens with zero attached hydrogens (tertiary/aromatic N) is 2. The number of nitrogens with one attached hydrogen (secondary N) is 1. The highest BCUT2D eigenvalue weighted by Crippen LogP contribution is 2.38. The molecule has 0 atom stereocenters. The van der Waals surface area contributed by atoms with Gasteiger partial charge in [0, 0.05) is 13.5 Å². The number of para-hydroxylation sites is 2. The van der Waals surface area contributed by atoms with Gasteiger partial charge in [0.15, 0.2) is 0 Å². The lowest BCUT2D eigenvalue weighted by Crippen LogP contribution is -2.41. The maximum absolute atomic E-state index is 11.4. The van der Waals surface area contributed by atoms with Crippen molar-refractivity contribution in [2.24, 2.45) is 0 Å². The Bertz CT molecular complexity index is 848. The van der Waals surface area contributed by atoms with E-state index in [0.29, 0.717) is 12.2 Å². The lowest BCUT2D eigenvalue weighted by atomic mass is 9.77. The normalized spacial score (nSPS) is 19.0. The first-order valence-electron chi connectivity index (χ1n) is 8.70. The average molecular weight is 353 g/mol. The molecule has 1 aromatic heterocycles. The molecule has 1 aromatic carbocycles. The number of hydrogen-bond acceptors (Lipinski definition) is 5. The van der Waals surface area contributed by atoms with Gasteiger partial charge < -0.3 is 14.6 Å². The molecule has 1 fully saturated rings. The Morgan fingerprint density at radius 2 is 1.77 bits per heavy atom. The van der Waals surface area contributed by atoms with Gasteiger partial charge in [0.25, 0.3) is 0 Å². The zero-order valence-corrected chi connectivity index (χ0v) is 15.9. The molecule has 6 nitrogen and oxygen atoms in total. The minimum Gasteiger partial charge on any atom is -0.400 e. The van der Waals surface area contributed by atoms with Crippen LogP contribution in [0.4, 0.5) is 0 Å². The van der Waals surface area contributed by atoms with Crippen molar-refractivity contribution in [3.8, 4) is 0 Å². The molecule has 1 saturated heterocycles. The van der Waals surface area contributed by atoms with E-state index in [1.807, 2.05) is 58.0 Å². The average Bonchev–Trinajstić information content (AvgIpc) is 2.79. The smallest absolute Gasteiger partial charge is 0.400 e. The number of aromatic nitrogens is 2. The fraction of sp³-hybridized carbons (Fsp3) is 0.421. The van der Waals surface area contributed by atoms with Crippen LogP contribution < -0.4 is 5.32 Å². The van der Waals surface area contributed by atoms with E-state index in [1.165, 1.54) is 6.92 Å². The zero-order chi connectivity index (χ0) is 18.9. The quantitative estimate of drug-likeness (QED) is 0.856. The van der Waals surface area contributed by atoms with Gasteiger partial charge in [0.05, 0.1) is 34.1 Å². The van der Waals surface area contributed by atoms with Crippen molar-refractivity contribution in [2.45, 2.75) is 45.8 Å². The fourth-order valence-electron chi connectivity index (χ4n) is 2.65. The first kappa shape index (κ1) is 18.5. The first-order chi connectivity index (χ1) is 12.2. The van der Waals surface area contributed by atoms with Crippen LogP contribution >= 0.6 is 0 Å². The summed E-state index contributed by atoms with van der Waals surface area (Å²) in [6, 6.07) is 7.69. The van der Waals surface area contributed by atoms with Crippen LogP contribution in [0.15, 0.2) is 35.9 Å². The summed E-state index contributed by atoms with van der Waals surface area (Å²) in [5.41, 5.74) is 2.23. The summed E-state index contributed by atoms with van der Waals surface area (Å²) in [6.45, 7) is 9.80. The summed E-state index contributed by atoms with van der Waals surface area (Å²) < 4.78 is 12.3. The Morgan fingerprint density at radius 3 is 2.38 bits per heavy atom. The molecule has 0 spiro atoms. The predicted octanol–water partition coefficient (Wildman–Crippen LogP) is 2.78. The molecule has 0 bridgehead atoms. The molecule has 0 aliphatic carbocycles. The van der Waals surface area contributed by atoms with E-state index in [0.717, 1.165) is 16.5 Å². The van der Waals surface area contributed by atoms with Crippen molar-refractivity contribution in [2.75, 3.05) is 6.54 Å². The summed E-state index contributed by atoms with van der Waals surface area (Å²) in [7, 11) is -0.555. The monoisotopic (exact) mass is 353 g/mol. The molecule has 1 aliphatic heterocycles. The van der Waals surface area contributed by atoms with E-state index in [1.54, 1.807) is 6.20 Å². The standard InChI is InChI=1S/C19H24BN3O3/c1-13(24)21-11-14(20-25-18(2,3)19(4,5)26-20)10-15-12-22-16-8-6-7-9-17(16)23-15/h6-10,12H,11H2,1-5H3,(H,21,24). The maximum Gasteiger partial charge on any atom is 0.492 e. The molecule has 3 rings (SSSR count). The van der Waals surface area contributed by atoms with Crippen LogP contribution in [-0.4, -0.2) is 40.7 Å². The Morgan fingerprint density at radius 1 is 1.15 bits per heavy atom. The second-order valence-electron chi connectivity index (χ2n) is 7.50. The third-order valence-corrected chi connectivity index (χ3v) is 4.90. The molecule has 1 amide bonds. The van der Waals surface area contributed by atoms with Gasteiger partial charge in [-0.15, -0.1) is 0 Å². The van der Waals surface area contributed by atoms with Crippen molar-refractivity contribution < 1.29 is 14.1 Å². The molecular formula is C19H24BN3O3. The third kappa shape index (κ3) is 3.79. The Hall–Kier alpha value is -2.25. The van der Waals surface area contributed by atoms with E-state index < -0.39 is 18.3 Å². The topological polar surface area (TPSA) is 73.3 Å². The number of benzene rings is 1. The Kier molecular flexibility index (Phi) is 4.86. The van der Waals surface area contributed by atoms with Gasteiger partial charge >= 0.3 is 7.12 Å². The van der Waals surface area contributed by atoms with Gasteiger partial charge in [-0.25, -0.2) is 4.98 Å². The maximum atomic E-state index is 11.4. The van der Waals surface area contributed by atoms with E-state index in [9.17, 15) is 4.79 Å². The van der Waals surface area contributed by atoms with Gasteiger partial charge in [-0.2, -0.15) is 0 Å². The summed E-state index contributed by atoms with van der Waals surface area (Å²) in [4.78, 5) is 20.5. The highest BCUT2D eigenvalue weighted by molar-refractivity contribution is 6.56. The summed E-state index contributed by atoms with van der Waals surface area (Å²) in [6.07, 6.45) is 3.58. The molecule has 2 heterocycles. The number of hydrogen-bond donors (Lipinski definition) is 1. The molecular weight excluding hydrogens is 329 g/mol. The Labute approximate surface area is 154 Å². The second kappa shape index (κ2) is 6.81. The number of amides is 1. The van der Waals surface area contributed by atoms with E-state index in [2.05, 4.69) is 15.3 Å². The molecule has 7 heteroatoms. The van der Waals surface area contributed by atoms with Crippen LogP contribution in [0.2, 0.25) is 0 Å². The largest absolute Gasteiger partial charge is 0.492 e. The van der Waals surface area contributed by atoms with Crippen LogP contribution in [0.5, 0.6) is 0 Å². The van der Waals surface area contributed by atoms with Gasteiger partial charge in [0.1, 0.15) is 0 Å². The number of rotatable bonds is 4.